The Balaban J connectivity index is 2.68. The van der Waals surface area contributed by atoms with Crippen LogP contribution in [0, 0.1) is 0 Å². The maximum absolute atomic E-state index is 4.95. The van der Waals surface area contributed by atoms with Crippen molar-refractivity contribution in [2.24, 2.45) is 0 Å². The fraction of sp³-hybridized carbons (Fsp3) is 0. The highest BCUT2D eigenvalue weighted by atomic mass is 28.3. The average molecular weight is 126 g/mol. The Hall–Kier alpha value is -0.126. The molecular formula is C4H6OSi2. The van der Waals surface area contributed by atoms with Gasteiger partial charge < -0.3 is 4.12 Å². The van der Waals surface area contributed by atoms with Gasteiger partial charge in [0.15, 0.2) is 0 Å². The summed E-state index contributed by atoms with van der Waals surface area (Å²) < 4.78 is 4.95. The van der Waals surface area contributed by atoms with Crippen LogP contribution in [0.1, 0.15) is 0 Å². The Morgan fingerprint density at radius 3 is 1.86 bits per heavy atom. The Kier molecular flexibility index (Phi) is 5.77. The second-order valence-electron chi connectivity index (χ2n) is 0.746. The Labute approximate surface area is 49.0 Å². The summed E-state index contributed by atoms with van der Waals surface area (Å²) in [6, 6.07) is 0. The van der Waals surface area contributed by atoms with Crippen molar-refractivity contribution in [2.75, 3.05) is 0 Å². The van der Waals surface area contributed by atoms with Crippen molar-refractivity contribution in [3.8, 4) is 0 Å². The molecular weight excluding hydrogens is 120 g/mol. The summed E-state index contributed by atoms with van der Waals surface area (Å²) in [5.41, 5.74) is 3.49. The molecule has 0 aromatic carbocycles. The highest BCUT2D eigenvalue weighted by Gasteiger charge is 1.78. The Morgan fingerprint density at radius 2 is 1.57 bits per heavy atom. The summed E-state index contributed by atoms with van der Waals surface area (Å²) in [4.78, 5) is 0. The minimum atomic E-state index is 0.427. The Morgan fingerprint density at radius 1 is 1.14 bits per heavy atom. The van der Waals surface area contributed by atoms with E-state index >= 15 is 0 Å². The highest BCUT2D eigenvalue weighted by Crippen LogP contribution is 1.65. The second-order valence-corrected chi connectivity index (χ2v) is 2.85. The molecule has 0 aliphatic heterocycles. The van der Waals surface area contributed by atoms with E-state index in [0.717, 1.165) is 0 Å². The topological polar surface area (TPSA) is 9.23 Å². The van der Waals surface area contributed by atoms with Gasteiger partial charge in [0.2, 0.25) is 19.5 Å². The smallest absolute Gasteiger partial charge is 0.247 e. The average Bonchev–Trinajstić information content (AvgIpc) is 1.69. The first-order valence-electron chi connectivity index (χ1n) is 1.80. The van der Waals surface area contributed by atoms with Crippen LogP contribution < -0.4 is 0 Å². The predicted molar refractivity (Wildman–Crippen MR) is 33.0 cm³/mol. The van der Waals surface area contributed by atoms with E-state index in [2.05, 4.69) is 13.2 Å². The lowest BCUT2D eigenvalue weighted by Crippen LogP contribution is -1.96. The van der Waals surface area contributed by atoms with E-state index in [1.54, 1.807) is 11.4 Å². The summed E-state index contributed by atoms with van der Waals surface area (Å²) in [6.45, 7) is 6.98. The largest absolute Gasteiger partial charge is 0.450 e. The molecule has 0 amide bonds. The number of hydrogen-bond donors (Lipinski definition) is 0. The van der Waals surface area contributed by atoms with Gasteiger partial charge in [-0.1, -0.05) is 11.4 Å². The van der Waals surface area contributed by atoms with Crippen LogP contribution in [0.25, 0.3) is 0 Å². The lowest BCUT2D eigenvalue weighted by Gasteiger charge is -1.85. The van der Waals surface area contributed by atoms with Crippen molar-refractivity contribution in [3.05, 3.63) is 24.6 Å². The molecule has 0 atom stereocenters. The van der Waals surface area contributed by atoms with Crippen LogP contribution in [0.3, 0.4) is 0 Å². The van der Waals surface area contributed by atoms with E-state index in [1.165, 1.54) is 0 Å². The van der Waals surface area contributed by atoms with Gasteiger partial charge in [0, 0.05) is 0 Å². The molecule has 0 N–H and O–H groups in total. The van der Waals surface area contributed by atoms with Crippen molar-refractivity contribution >= 4 is 19.5 Å². The Bertz CT molecular complexity index is 54.7. The van der Waals surface area contributed by atoms with Crippen LogP contribution in [0.5, 0.6) is 0 Å². The minimum Gasteiger partial charge on any atom is -0.450 e. The first kappa shape index (κ1) is 6.87. The second kappa shape index (κ2) is 5.87. The molecule has 0 heterocycles. The van der Waals surface area contributed by atoms with E-state index in [1.807, 2.05) is 0 Å². The first-order chi connectivity index (χ1) is 3.41. The number of hydrogen-bond acceptors (Lipinski definition) is 1. The van der Waals surface area contributed by atoms with Gasteiger partial charge in [-0.25, -0.2) is 0 Å². The van der Waals surface area contributed by atoms with Gasteiger partial charge in [0.05, 0.1) is 0 Å². The molecule has 0 spiro atoms. The van der Waals surface area contributed by atoms with E-state index < -0.39 is 0 Å². The lowest BCUT2D eigenvalue weighted by molar-refractivity contribution is 0.661. The van der Waals surface area contributed by atoms with Gasteiger partial charge >= 0.3 is 0 Å². The van der Waals surface area contributed by atoms with Gasteiger partial charge in [-0.15, -0.1) is 13.2 Å². The SMILES string of the molecule is C=C[Si]O[Si]C=C. The van der Waals surface area contributed by atoms with Gasteiger partial charge in [-0.3, -0.25) is 0 Å². The van der Waals surface area contributed by atoms with E-state index in [9.17, 15) is 0 Å². The van der Waals surface area contributed by atoms with Crippen molar-refractivity contribution in [1.29, 1.82) is 0 Å². The van der Waals surface area contributed by atoms with Crippen LogP contribution in [0.15, 0.2) is 24.6 Å². The molecule has 3 heteroatoms. The van der Waals surface area contributed by atoms with Crippen molar-refractivity contribution < 1.29 is 4.12 Å². The minimum absolute atomic E-state index is 0.427. The van der Waals surface area contributed by atoms with E-state index in [0.29, 0.717) is 19.5 Å². The van der Waals surface area contributed by atoms with Crippen LogP contribution in [0.2, 0.25) is 0 Å². The van der Waals surface area contributed by atoms with Crippen LogP contribution >= 0.6 is 0 Å². The third kappa shape index (κ3) is 5.87. The number of rotatable bonds is 4. The van der Waals surface area contributed by atoms with Gasteiger partial charge in [0.25, 0.3) is 0 Å². The molecule has 0 saturated heterocycles. The fourth-order valence-electron chi connectivity index (χ4n) is 0.117. The third-order valence-electron chi connectivity index (χ3n) is 0.285. The normalized spacial score (nSPS) is 8.00. The molecule has 0 unspecified atom stereocenters. The zero-order chi connectivity index (χ0) is 5.54. The molecule has 0 fully saturated rings. The molecule has 4 radical (unpaired) electrons. The standard InChI is InChI=1S/C4H6OSi2/c1-3-6-5-7-4-2/h3-4H,1-2H2. The maximum atomic E-state index is 4.95. The molecule has 0 aromatic heterocycles. The maximum Gasteiger partial charge on any atom is 0.247 e. The zero-order valence-electron chi connectivity index (χ0n) is 3.98. The van der Waals surface area contributed by atoms with E-state index in [4.69, 9.17) is 4.12 Å². The van der Waals surface area contributed by atoms with Crippen molar-refractivity contribution in [2.45, 2.75) is 0 Å². The molecule has 0 aromatic rings. The molecule has 36 valence electrons. The molecule has 1 nitrogen and oxygen atoms in total. The summed E-state index contributed by atoms with van der Waals surface area (Å²) >= 11 is 0. The molecule has 0 aliphatic carbocycles. The zero-order valence-corrected chi connectivity index (χ0v) is 5.98. The highest BCUT2D eigenvalue weighted by molar-refractivity contribution is 6.48. The van der Waals surface area contributed by atoms with Crippen LogP contribution in [-0.4, -0.2) is 19.5 Å². The van der Waals surface area contributed by atoms with Gasteiger partial charge in [-0.05, 0) is 0 Å². The molecule has 7 heavy (non-hydrogen) atoms. The monoisotopic (exact) mass is 126 g/mol. The summed E-state index contributed by atoms with van der Waals surface area (Å²) in [7, 11) is 0.853. The molecule has 0 rings (SSSR count). The van der Waals surface area contributed by atoms with Crippen molar-refractivity contribution in [1.82, 2.24) is 0 Å². The van der Waals surface area contributed by atoms with E-state index in [-0.39, 0.29) is 0 Å². The summed E-state index contributed by atoms with van der Waals surface area (Å²) in [5, 5.41) is 0. The molecule has 0 aliphatic rings. The first-order valence-corrected chi connectivity index (χ1v) is 3.77. The van der Waals surface area contributed by atoms with Crippen LogP contribution in [-0.2, 0) is 4.12 Å². The van der Waals surface area contributed by atoms with Gasteiger partial charge in [-0.2, -0.15) is 0 Å². The third-order valence-corrected chi connectivity index (χ3v) is 1.56. The molecule has 0 bridgehead atoms. The summed E-state index contributed by atoms with van der Waals surface area (Å²) in [6.07, 6.45) is 0. The van der Waals surface area contributed by atoms with Crippen molar-refractivity contribution in [3.63, 3.8) is 0 Å². The molecule has 0 saturated carbocycles. The van der Waals surface area contributed by atoms with Gasteiger partial charge in [0.1, 0.15) is 0 Å². The fourth-order valence-corrected chi connectivity index (χ4v) is 1.06. The quantitative estimate of drug-likeness (QED) is 0.394. The predicted octanol–water partition coefficient (Wildman–Crippen LogP) is 0.528. The lowest BCUT2D eigenvalue weighted by atomic mass is 11.3. The summed E-state index contributed by atoms with van der Waals surface area (Å²) in [5.74, 6) is 0. The van der Waals surface area contributed by atoms with Crippen LogP contribution in [0.4, 0.5) is 0 Å².